The van der Waals surface area contributed by atoms with E-state index < -0.39 is 0 Å². The summed E-state index contributed by atoms with van der Waals surface area (Å²) in [7, 11) is 0. The number of nitrogens with one attached hydrogen (secondary N) is 2. The topological polar surface area (TPSA) is 68.7 Å². The van der Waals surface area contributed by atoms with E-state index in [1.165, 1.54) is 5.56 Å². The van der Waals surface area contributed by atoms with Crippen LogP contribution < -0.4 is 5.32 Å². The summed E-state index contributed by atoms with van der Waals surface area (Å²) >= 11 is 0. The van der Waals surface area contributed by atoms with E-state index in [-0.39, 0.29) is 6.04 Å². The first kappa shape index (κ1) is 18.7. The van der Waals surface area contributed by atoms with Gasteiger partial charge in [0.15, 0.2) is 5.82 Å². The van der Waals surface area contributed by atoms with Crippen molar-refractivity contribution in [2.24, 2.45) is 17.0 Å². The SMILES string of the molecule is N=Nc1cccc(C[C@@H]2CNC[C@@H]2[N+]#CC2CCN(Cc3ccccc3)C2)n1. The van der Waals surface area contributed by atoms with Crippen LogP contribution in [0.25, 0.3) is 4.85 Å². The number of nitrogens with zero attached hydrogens (tertiary/aromatic N) is 4. The zero-order valence-electron chi connectivity index (χ0n) is 16.1. The molecular weight excluding hydrogens is 348 g/mol. The molecule has 1 aromatic carbocycles. The normalized spacial score (nSPS) is 24.6. The van der Waals surface area contributed by atoms with E-state index in [0.29, 0.717) is 17.7 Å². The summed E-state index contributed by atoms with van der Waals surface area (Å²) in [5, 5.41) is 6.89. The average molecular weight is 376 g/mol. The number of hydrogen-bond donors (Lipinski definition) is 2. The van der Waals surface area contributed by atoms with Crippen molar-refractivity contribution < 1.29 is 0 Å². The van der Waals surface area contributed by atoms with E-state index >= 15 is 0 Å². The second kappa shape index (κ2) is 9.05. The highest BCUT2D eigenvalue weighted by Crippen LogP contribution is 2.22. The monoisotopic (exact) mass is 375 g/mol. The summed E-state index contributed by atoms with van der Waals surface area (Å²) in [6, 6.07) is 20.0. The van der Waals surface area contributed by atoms with Gasteiger partial charge >= 0.3 is 0 Å². The van der Waals surface area contributed by atoms with Crippen molar-refractivity contribution in [3.05, 3.63) is 64.6 Å². The Morgan fingerprint density at radius 3 is 2.93 bits per heavy atom. The minimum Gasteiger partial charge on any atom is -0.309 e. The van der Waals surface area contributed by atoms with E-state index in [0.717, 1.165) is 51.3 Å². The quantitative estimate of drug-likeness (QED) is 0.783. The van der Waals surface area contributed by atoms with Crippen LogP contribution in [0.3, 0.4) is 0 Å². The number of pyridine rings is 1. The highest BCUT2D eigenvalue weighted by atomic mass is 15.1. The van der Waals surface area contributed by atoms with Gasteiger partial charge in [-0.25, -0.2) is 10.5 Å². The maximum absolute atomic E-state index is 7.13. The molecule has 0 aliphatic carbocycles. The summed E-state index contributed by atoms with van der Waals surface area (Å²) < 4.78 is 0. The van der Waals surface area contributed by atoms with Crippen molar-refractivity contribution in [3.8, 4) is 6.07 Å². The van der Waals surface area contributed by atoms with Gasteiger partial charge in [-0.3, -0.25) is 4.90 Å². The Morgan fingerprint density at radius 2 is 2.07 bits per heavy atom. The average Bonchev–Trinajstić information content (AvgIpc) is 3.36. The molecule has 6 nitrogen and oxygen atoms in total. The van der Waals surface area contributed by atoms with Gasteiger partial charge in [-0.1, -0.05) is 41.2 Å². The summed E-state index contributed by atoms with van der Waals surface area (Å²) in [4.78, 5) is 11.8. The lowest BCUT2D eigenvalue weighted by Crippen LogP contribution is -2.20. The van der Waals surface area contributed by atoms with E-state index in [1.54, 1.807) is 6.07 Å². The highest BCUT2D eigenvalue weighted by Gasteiger charge is 2.36. The largest absolute Gasteiger partial charge is 0.309 e. The molecule has 0 saturated carbocycles. The molecule has 3 atom stereocenters. The smallest absolute Gasteiger partial charge is 0.288 e. The fraction of sp³-hybridized carbons (Fsp3) is 0.455. The fourth-order valence-electron chi connectivity index (χ4n) is 4.11. The van der Waals surface area contributed by atoms with Crippen molar-refractivity contribution in [3.63, 3.8) is 0 Å². The summed E-state index contributed by atoms with van der Waals surface area (Å²) in [6.45, 7) is 5.01. The van der Waals surface area contributed by atoms with Gasteiger partial charge < -0.3 is 5.32 Å². The van der Waals surface area contributed by atoms with Crippen LogP contribution in [-0.4, -0.2) is 42.1 Å². The van der Waals surface area contributed by atoms with Crippen LogP contribution in [0.1, 0.15) is 17.7 Å². The molecule has 0 radical (unpaired) electrons. The van der Waals surface area contributed by atoms with Gasteiger partial charge in [-0.05, 0) is 30.7 Å². The number of rotatable bonds is 5. The van der Waals surface area contributed by atoms with Crippen LogP contribution in [0.2, 0.25) is 0 Å². The first-order valence-electron chi connectivity index (χ1n) is 10.1. The fourth-order valence-corrected chi connectivity index (χ4v) is 4.11. The van der Waals surface area contributed by atoms with Gasteiger partial charge in [-0.15, -0.1) is 5.11 Å². The minimum absolute atomic E-state index is 0.251. The Bertz CT molecular complexity index is 856. The zero-order valence-corrected chi connectivity index (χ0v) is 16.1. The third kappa shape index (κ3) is 4.80. The first-order valence-corrected chi connectivity index (χ1v) is 10.1. The molecule has 2 saturated heterocycles. The van der Waals surface area contributed by atoms with E-state index in [2.05, 4.69) is 56.7 Å². The summed E-state index contributed by atoms with van der Waals surface area (Å²) in [6.07, 6.45) is 1.99. The van der Waals surface area contributed by atoms with Crippen molar-refractivity contribution >= 4 is 5.82 Å². The number of hydrogen-bond acceptors (Lipinski definition) is 5. The molecule has 2 aliphatic heterocycles. The predicted molar refractivity (Wildman–Crippen MR) is 110 cm³/mol. The Kier molecular flexibility index (Phi) is 6.05. The molecule has 0 spiro atoms. The molecule has 0 bridgehead atoms. The molecule has 28 heavy (non-hydrogen) atoms. The standard InChI is InChI=1S/C22H27N6/c23-27-22-8-4-7-20(26-22)11-19-13-24-14-21(19)25-12-18-9-10-28(16-18)15-17-5-2-1-3-6-17/h1-8,18-19,21,23-24H,9-11,13-16H2/q+1/t18?,19-,21+/m1/s1. The van der Waals surface area contributed by atoms with Crippen LogP contribution >= 0.6 is 0 Å². The van der Waals surface area contributed by atoms with Gasteiger partial charge in [0, 0.05) is 31.7 Å². The van der Waals surface area contributed by atoms with Crippen molar-refractivity contribution in [1.29, 1.82) is 5.53 Å². The zero-order chi connectivity index (χ0) is 19.2. The Balaban J connectivity index is 1.32. The lowest BCUT2D eigenvalue weighted by Gasteiger charge is -2.14. The molecular formula is C22H27N6+. The van der Waals surface area contributed by atoms with Gasteiger partial charge in [0.05, 0.1) is 12.5 Å². The molecule has 6 heteroatoms. The highest BCUT2D eigenvalue weighted by molar-refractivity contribution is 5.27. The molecule has 0 amide bonds. The Hall–Kier alpha value is -2.62. The number of aromatic nitrogens is 1. The third-order valence-corrected chi connectivity index (χ3v) is 5.63. The first-order chi connectivity index (χ1) is 13.8. The molecule has 2 aliphatic rings. The second-order valence-electron chi connectivity index (χ2n) is 7.75. The predicted octanol–water partition coefficient (Wildman–Crippen LogP) is 3.73. The van der Waals surface area contributed by atoms with Crippen molar-refractivity contribution in [1.82, 2.24) is 15.2 Å². The van der Waals surface area contributed by atoms with E-state index in [1.807, 2.05) is 12.1 Å². The van der Waals surface area contributed by atoms with Gasteiger partial charge in [0.1, 0.15) is 5.92 Å². The number of likely N-dealkylation sites (tertiary alicyclic amines) is 1. The Morgan fingerprint density at radius 1 is 1.18 bits per heavy atom. The molecule has 4 rings (SSSR count). The maximum Gasteiger partial charge on any atom is 0.288 e. The lowest BCUT2D eigenvalue weighted by atomic mass is 9.98. The lowest BCUT2D eigenvalue weighted by molar-refractivity contribution is 0.325. The molecule has 1 aromatic heterocycles. The van der Waals surface area contributed by atoms with Crippen LogP contribution in [0, 0.1) is 23.4 Å². The summed E-state index contributed by atoms with van der Waals surface area (Å²) in [5.41, 5.74) is 9.48. The van der Waals surface area contributed by atoms with Crippen LogP contribution in [0.5, 0.6) is 0 Å². The molecule has 1 unspecified atom stereocenters. The van der Waals surface area contributed by atoms with Crippen molar-refractivity contribution in [2.45, 2.75) is 25.4 Å². The second-order valence-corrected chi connectivity index (χ2v) is 7.75. The number of benzene rings is 1. The van der Waals surface area contributed by atoms with Gasteiger partial charge in [0.2, 0.25) is 0 Å². The van der Waals surface area contributed by atoms with Crippen molar-refractivity contribution in [2.75, 3.05) is 26.2 Å². The van der Waals surface area contributed by atoms with Crippen LogP contribution in [-0.2, 0) is 13.0 Å². The van der Waals surface area contributed by atoms with E-state index in [9.17, 15) is 0 Å². The maximum atomic E-state index is 7.13. The van der Waals surface area contributed by atoms with Crippen LogP contribution in [0.4, 0.5) is 5.82 Å². The van der Waals surface area contributed by atoms with E-state index in [4.69, 9.17) is 10.4 Å². The molecule has 2 N–H and O–H groups in total. The van der Waals surface area contributed by atoms with Gasteiger partial charge in [0.25, 0.3) is 12.1 Å². The summed E-state index contributed by atoms with van der Waals surface area (Å²) in [5.74, 6) is 1.32. The third-order valence-electron chi connectivity index (χ3n) is 5.63. The minimum atomic E-state index is 0.251. The molecule has 2 aromatic rings. The van der Waals surface area contributed by atoms with Gasteiger partial charge in [-0.2, -0.15) is 0 Å². The molecule has 144 valence electrons. The molecule has 2 fully saturated rings. The molecule has 3 heterocycles. The van der Waals surface area contributed by atoms with Crippen LogP contribution in [0.15, 0.2) is 53.6 Å². The Labute approximate surface area is 166 Å².